The van der Waals surface area contributed by atoms with E-state index in [1.165, 1.54) is 4.90 Å². The Bertz CT molecular complexity index is 221. The van der Waals surface area contributed by atoms with Crippen LogP contribution in [-0.4, -0.2) is 43.3 Å². The first-order valence-electron chi connectivity index (χ1n) is 6.62. The first-order chi connectivity index (χ1) is 8.10. The van der Waals surface area contributed by atoms with Crippen molar-refractivity contribution in [3.8, 4) is 0 Å². The Morgan fingerprint density at radius 2 is 1.67 bits per heavy atom. The number of hydrogen-bond donors (Lipinski definition) is 1. The molecule has 0 saturated heterocycles. The summed E-state index contributed by atoms with van der Waals surface area (Å²) in [6, 6.07) is 0.241. The lowest BCUT2D eigenvalue weighted by Gasteiger charge is -2.33. The van der Waals surface area contributed by atoms with Crippen LogP contribution in [0.2, 0.25) is 0 Å². The second kappa shape index (κ2) is 7.34. The van der Waals surface area contributed by atoms with Crippen LogP contribution in [0.5, 0.6) is 0 Å². The van der Waals surface area contributed by atoms with Crippen molar-refractivity contribution in [2.45, 2.75) is 53.3 Å². The van der Waals surface area contributed by atoms with Gasteiger partial charge in [-0.15, -0.1) is 0 Å². The highest BCUT2D eigenvalue weighted by Crippen LogP contribution is 2.23. The smallest absolute Gasteiger partial charge is 0.314 e. The summed E-state index contributed by atoms with van der Waals surface area (Å²) < 4.78 is 37.0. The lowest BCUT2D eigenvalue weighted by molar-refractivity contribution is -0.145. The molecule has 0 aliphatic heterocycles. The van der Waals surface area contributed by atoms with E-state index in [1.54, 1.807) is 6.92 Å². The fraction of sp³-hybridized carbons (Fsp3) is 1.00. The molecule has 1 atom stereocenters. The number of nitrogens with zero attached hydrogens (tertiary/aromatic N) is 1. The minimum Gasteiger partial charge on any atom is -0.314 e. The summed E-state index contributed by atoms with van der Waals surface area (Å²) in [5.41, 5.74) is 0.0631. The molecule has 2 nitrogen and oxygen atoms in total. The Hall–Kier alpha value is -0.290. The first kappa shape index (κ1) is 17.7. The van der Waals surface area contributed by atoms with Crippen LogP contribution in [-0.2, 0) is 0 Å². The molecular weight excluding hydrogens is 241 g/mol. The van der Waals surface area contributed by atoms with E-state index in [-0.39, 0.29) is 11.5 Å². The molecule has 110 valence electrons. The summed E-state index contributed by atoms with van der Waals surface area (Å²) in [4.78, 5) is 1.45. The monoisotopic (exact) mass is 268 g/mol. The minimum absolute atomic E-state index is 0.0631. The van der Waals surface area contributed by atoms with Gasteiger partial charge in [0.2, 0.25) is 0 Å². The largest absolute Gasteiger partial charge is 0.401 e. The highest BCUT2D eigenvalue weighted by Gasteiger charge is 2.31. The van der Waals surface area contributed by atoms with E-state index in [1.807, 2.05) is 6.92 Å². The van der Waals surface area contributed by atoms with Crippen molar-refractivity contribution in [3.05, 3.63) is 0 Å². The average molecular weight is 268 g/mol. The maximum atomic E-state index is 12.3. The summed E-state index contributed by atoms with van der Waals surface area (Å²) in [5.74, 6) is 0. The fourth-order valence-electron chi connectivity index (χ4n) is 2.00. The molecule has 0 aliphatic rings. The number of rotatable bonds is 7. The molecule has 0 heterocycles. The molecule has 0 fully saturated rings. The molecule has 0 aliphatic carbocycles. The number of nitrogens with one attached hydrogen (secondary N) is 1. The standard InChI is InChI=1S/C13H27F3N2/c1-6-17-11(12(3,4)5)8-9-18(7-2)10-13(14,15)16/h11,17H,6-10H2,1-5H3. The Balaban J connectivity index is 4.31. The predicted molar refractivity (Wildman–Crippen MR) is 69.7 cm³/mol. The van der Waals surface area contributed by atoms with Gasteiger partial charge in [0.1, 0.15) is 0 Å². The second-order valence-corrected chi connectivity index (χ2v) is 5.75. The van der Waals surface area contributed by atoms with E-state index in [2.05, 4.69) is 26.1 Å². The normalized spacial score (nSPS) is 15.2. The van der Waals surface area contributed by atoms with Crippen molar-refractivity contribution >= 4 is 0 Å². The predicted octanol–water partition coefficient (Wildman–Crippen LogP) is 3.28. The van der Waals surface area contributed by atoms with Crippen LogP contribution in [0.25, 0.3) is 0 Å². The summed E-state index contributed by atoms with van der Waals surface area (Å²) in [6.45, 7) is 11.1. The lowest BCUT2D eigenvalue weighted by Crippen LogP contribution is -2.44. The molecule has 1 N–H and O–H groups in total. The Morgan fingerprint density at radius 1 is 1.11 bits per heavy atom. The highest BCUT2D eigenvalue weighted by molar-refractivity contribution is 4.81. The summed E-state index contributed by atoms with van der Waals surface area (Å²) in [5, 5.41) is 3.36. The van der Waals surface area contributed by atoms with Gasteiger partial charge in [-0.3, -0.25) is 4.90 Å². The van der Waals surface area contributed by atoms with Crippen LogP contribution < -0.4 is 5.32 Å². The van der Waals surface area contributed by atoms with Crippen molar-refractivity contribution in [2.24, 2.45) is 5.41 Å². The van der Waals surface area contributed by atoms with Crippen molar-refractivity contribution in [2.75, 3.05) is 26.2 Å². The van der Waals surface area contributed by atoms with Crippen molar-refractivity contribution in [1.29, 1.82) is 0 Å². The van der Waals surface area contributed by atoms with Gasteiger partial charge in [0.15, 0.2) is 0 Å². The van der Waals surface area contributed by atoms with Gasteiger partial charge in [-0.25, -0.2) is 0 Å². The third-order valence-electron chi connectivity index (χ3n) is 3.08. The van der Waals surface area contributed by atoms with Gasteiger partial charge in [0.25, 0.3) is 0 Å². The van der Waals surface area contributed by atoms with E-state index < -0.39 is 12.7 Å². The van der Waals surface area contributed by atoms with Crippen LogP contribution in [0, 0.1) is 5.41 Å². The molecule has 18 heavy (non-hydrogen) atoms. The van der Waals surface area contributed by atoms with E-state index in [9.17, 15) is 13.2 Å². The second-order valence-electron chi connectivity index (χ2n) is 5.75. The fourth-order valence-corrected chi connectivity index (χ4v) is 2.00. The molecule has 0 bridgehead atoms. The molecule has 0 radical (unpaired) electrons. The Morgan fingerprint density at radius 3 is 2.00 bits per heavy atom. The van der Waals surface area contributed by atoms with Crippen LogP contribution in [0.1, 0.15) is 41.0 Å². The molecule has 0 spiro atoms. The van der Waals surface area contributed by atoms with Crippen LogP contribution >= 0.6 is 0 Å². The van der Waals surface area contributed by atoms with E-state index in [4.69, 9.17) is 0 Å². The average Bonchev–Trinajstić information content (AvgIpc) is 2.18. The third-order valence-corrected chi connectivity index (χ3v) is 3.08. The Kier molecular flexibility index (Phi) is 7.22. The molecule has 0 rings (SSSR count). The van der Waals surface area contributed by atoms with E-state index in [0.717, 1.165) is 13.0 Å². The lowest BCUT2D eigenvalue weighted by atomic mass is 9.84. The van der Waals surface area contributed by atoms with Crippen molar-refractivity contribution in [3.63, 3.8) is 0 Å². The zero-order valence-corrected chi connectivity index (χ0v) is 12.2. The van der Waals surface area contributed by atoms with Crippen LogP contribution in [0.15, 0.2) is 0 Å². The van der Waals surface area contributed by atoms with Crippen molar-refractivity contribution in [1.82, 2.24) is 10.2 Å². The maximum absolute atomic E-state index is 12.3. The van der Waals surface area contributed by atoms with Crippen LogP contribution in [0.4, 0.5) is 13.2 Å². The van der Waals surface area contributed by atoms with Gasteiger partial charge in [-0.1, -0.05) is 34.6 Å². The zero-order chi connectivity index (χ0) is 14.4. The van der Waals surface area contributed by atoms with Gasteiger partial charge in [0, 0.05) is 6.04 Å². The highest BCUT2D eigenvalue weighted by atomic mass is 19.4. The van der Waals surface area contributed by atoms with Crippen LogP contribution in [0.3, 0.4) is 0 Å². The minimum atomic E-state index is -4.11. The molecule has 0 saturated carbocycles. The quantitative estimate of drug-likeness (QED) is 0.762. The molecular formula is C13H27F3N2. The first-order valence-corrected chi connectivity index (χ1v) is 6.62. The maximum Gasteiger partial charge on any atom is 0.401 e. The molecule has 0 aromatic rings. The zero-order valence-electron chi connectivity index (χ0n) is 12.2. The molecule has 0 aromatic heterocycles. The summed E-state index contributed by atoms with van der Waals surface area (Å²) >= 11 is 0. The Labute approximate surface area is 109 Å². The summed E-state index contributed by atoms with van der Waals surface area (Å²) in [6.07, 6.45) is -3.37. The topological polar surface area (TPSA) is 15.3 Å². The molecule has 0 aromatic carbocycles. The molecule has 0 amide bonds. The van der Waals surface area contributed by atoms with Gasteiger partial charge < -0.3 is 5.32 Å². The molecule has 5 heteroatoms. The van der Waals surface area contributed by atoms with Gasteiger partial charge in [-0.2, -0.15) is 13.2 Å². The van der Waals surface area contributed by atoms with Crippen molar-refractivity contribution < 1.29 is 13.2 Å². The molecule has 1 unspecified atom stereocenters. The van der Waals surface area contributed by atoms with Gasteiger partial charge in [-0.05, 0) is 31.5 Å². The summed E-state index contributed by atoms with van der Waals surface area (Å²) in [7, 11) is 0. The van der Waals surface area contributed by atoms with Gasteiger partial charge >= 0.3 is 6.18 Å². The number of halogens is 3. The van der Waals surface area contributed by atoms with E-state index >= 15 is 0 Å². The van der Waals surface area contributed by atoms with E-state index in [0.29, 0.717) is 13.1 Å². The van der Waals surface area contributed by atoms with Gasteiger partial charge in [0.05, 0.1) is 6.54 Å². The number of alkyl halides is 3. The number of hydrogen-bond acceptors (Lipinski definition) is 2. The third kappa shape index (κ3) is 7.93. The SMILES string of the molecule is CCNC(CCN(CC)CC(F)(F)F)C(C)(C)C.